The molecule has 4 saturated carbocycles. The smallest absolute Gasteiger partial charge is 0.129 e. The van der Waals surface area contributed by atoms with Crippen LogP contribution in [0.4, 0.5) is 0 Å². The topological polar surface area (TPSA) is 34.3 Å². The summed E-state index contributed by atoms with van der Waals surface area (Å²) in [6.07, 6.45) is 11.2. The molecular formula is C11H18N2. The van der Waals surface area contributed by atoms with Crippen LogP contribution in [0.5, 0.6) is 0 Å². The highest BCUT2D eigenvalue weighted by Crippen LogP contribution is 2.53. The minimum absolute atomic E-state index is 1.18. The highest BCUT2D eigenvalue weighted by molar-refractivity contribution is 5.64. The highest BCUT2D eigenvalue weighted by atomic mass is 15.4. The first-order chi connectivity index (χ1) is 6.40. The van der Waals surface area contributed by atoms with Crippen LogP contribution in [0.2, 0.25) is 0 Å². The Kier molecular flexibility index (Phi) is 1.81. The van der Waals surface area contributed by atoms with Gasteiger partial charge in [-0.2, -0.15) is 5.10 Å². The lowest BCUT2D eigenvalue weighted by atomic mass is 9.56. The number of nitrogens with zero attached hydrogens (tertiary/aromatic N) is 1. The number of nitrogens with one attached hydrogen (secondary N) is 1. The van der Waals surface area contributed by atoms with Gasteiger partial charge in [0.2, 0.25) is 0 Å². The highest BCUT2D eigenvalue weighted by Gasteiger charge is 2.41. The standard InChI is InChI=1S/C10H16.CH2N2/c1-7-2-9-4-8(1)5-10(3-7)6-9;1-2-3-1/h7-10H,1-6H2;1H,(H,2,3). The zero-order chi connectivity index (χ0) is 8.67. The van der Waals surface area contributed by atoms with E-state index < -0.39 is 0 Å². The Morgan fingerprint density at radius 2 is 1.00 bits per heavy atom. The van der Waals surface area contributed by atoms with Gasteiger partial charge in [-0.25, -0.2) is 0 Å². The average Bonchev–Trinajstić information content (AvgIpc) is 2.85. The lowest BCUT2D eigenvalue weighted by Crippen LogP contribution is -2.38. The molecule has 4 bridgehead atoms. The van der Waals surface area contributed by atoms with E-state index in [9.17, 15) is 0 Å². The molecule has 72 valence electrons. The van der Waals surface area contributed by atoms with Gasteiger partial charge in [0.05, 0.1) is 0 Å². The Morgan fingerprint density at radius 3 is 1.15 bits per heavy atom. The van der Waals surface area contributed by atoms with Crippen LogP contribution in [0.3, 0.4) is 0 Å². The molecule has 0 aromatic rings. The van der Waals surface area contributed by atoms with E-state index in [1.807, 2.05) is 0 Å². The molecule has 0 unspecified atom stereocenters. The molecule has 5 aliphatic rings. The van der Waals surface area contributed by atoms with Crippen molar-refractivity contribution in [1.29, 1.82) is 0 Å². The van der Waals surface area contributed by atoms with Crippen LogP contribution >= 0.6 is 0 Å². The second-order valence-corrected chi connectivity index (χ2v) is 5.27. The van der Waals surface area contributed by atoms with Crippen LogP contribution in [0.25, 0.3) is 0 Å². The van der Waals surface area contributed by atoms with Gasteiger partial charge in [0.1, 0.15) is 6.34 Å². The minimum Gasteiger partial charge on any atom is -0.265 e. The molecule has 0 aromatic heterocycles. The van der Waals surface area contributed by atoms with Crippen LogP contribution in [-0.4, -0.2) is 6.34 Å². The normalized spacial score (nSPS) is 48.0. The van der Waals surface area contributed by atoms with E-state index in [0.717, 1.165) is 0 Å². The van der Waals surface area contributed by atoms with Gasteiger partial charge in [0, 0.05) is 0 Å². The van der Waals surface area contributed by atoms with E-state index in [1.54, 1.807) is 44.9 Å². The summed E-state index contributed by atoms with van der Waals surface area (Å²) in [6.45, 7) is 0. The maximum absolute atomic E-state index is 3.38. The number of hydrogen-bond donors (Lipinski definition) is 1. The third-order valence-corrected chi connectivity index (χ3v) is 4.13. The Balaban J connectivity index is 0.000000161. The summed E-state index contributed by atoms with van der Waals surface area (Å²) < 4.78 is 0. The zero-order valence-electron chi connectivity index (χ0n) is 8.08. The molecule has 0 amide bonds. The number of hydrogen-bond acceptors (Lipinski definition) is 2. The lowest BCUT2D eigenvalue weighted by molar-refractivity contribution is 0.0198. The SMILES string of the molecule is C1=NN1.C1C2CC3CC1CC(C2)C3. The van der Waals surface area contributed by atoms with E-state index in [2.05, 4.69) is 10.5 Å². The minimum atomic E-state index is 1.18. The molecular weight excluding hydrogens is 160 g/mol. The molecule has 0 spiro atoms. The first kappa shape index (κ1) is 7.84. The van der Waals surface area contributed by atoms with E-state index in [0.29, 0.717) is 0 Å². The fourth-order valence-electron chi connectivity index (χ4n) is 3.98. The van der Waals surface area contributed by atoms with Crippen molar-refractivity contribution in [3.63, 3.8) is 0 Å². The Labute approximate surface area is 79.8 Å². The predicted molar refractivity (Wildman–Crippen MR) is 53.3 cm³/mol. The molecule has 5 rings (SSSR count). The monoisotopic (exact) mass is 178 g/mol. The van der Waals surface area contributed by atoms with Gasteiger partial charge in [0.25, 0.3) is 0 Å². The molecule has 13 heavy (non-hydrogen) atoms. The van der Waals surface area contributed by atoms with Gasteiger partial charge in [-0.3, -0.25) is 5.43 Å². The predicted octanol–water partition coefficient (Wildman–Crippen LogP) is 2.37. The maximum atomic E-state index is 3.38. The molecule has 0 saturated heterocycles. The van der Waals surface area contributed by atoms with Crippen LogP contribution in [0, 0.1) is 23.7 Å². The molecule has 1 heterocycles. The fourth-order valence-corrected chi connectivity index (χ4v) is 3.98. The van der Waals surface area contributed by atoms with Crippen LogP contribution in [0.15, 0.2) is 5.10 Å². The number of rotatable bonds is 0. The van der Waals surface area contributed by atoms with E-state index in [1.165, 1.54) is 23.7 Å². The lowest BCUT2D eigenvalue weighted by Gasteiger charge is -2.49. The van der Waals surface area contributed by atoms with Crippen LogP contribution in [0.1, 0.15) is 38.5 Å². The summed E-state index contributed by atoms with van der Waals surface area (Å²) in [5, 5.41) is 3.38. The summed E-state index contributed by atoms with van der Waals surface area (Å²) in [5.74, 6) is 4.71. The summed E-state index contributed by atoms with van der Waals surface area (Å²) >= 11 is 0. The Bertz CT molecular complexity index is 162. The second kappa shape index (κ2) is 3.00. The maximum Gasteiger partial charge on any atom is 0.129 e. The third kappa shape index (κ3) is 1.72. The second-order valence-electron chi connectivity index (χ2n) is 5.27. The van der Waals surface area contributed by atoms with Crippen molar-refractivity contribution in [2.45, 2.75) is 38.5 Å². The molecule has 1 aliphatic heterocycles. The van der Waals surface area contributed by atoms with Crippen molar-refractivity contribution < 1.29 is 0 Å². The van der Waals surface area contributed by atoms with Gasteiger partial charge in [0.15, 0.2) is 0 Å². The average molecular weight is 178 g/mol. The Hall–Kier alpha value is -0.530. The van der Waals surface area contributed by atoms with Gasteiger partial charge >= 0.3 is 0 Å². The van der Waals surface area contributed by atoms with Gasteiger partial charge in [-0.15, -0.1) is 0 Å². The van der Waals surface area contributed by atoms with Gasteiger partial charge < -0.3 is 0 Å². The Morgan fingerprint density at radius 1 is 0.769 bits per heavy atom. The molecule has 0 aromatic carbocycles. The quantitative estimate of drug-likeness (QED) is 0.607. The van der Waals surface area contributed by atoms with Crippen molar-refractivity contribution in [1.82, 2.24) is 5.43 Å². The molecule has 0 atom stereocenters. The van der Waals surface area contributed by atoms with Crippen LogP contribution in [-0.2, 0) is 0 Å². The van der Waals surface area contributed by atoms with Crippen LogP contribution < -0.4 is 5.43 Å². The zero-order valence-corrected chi connectivity index (χ0v) is 8.08. The van der Waals surface area contributed by atoms with Gasteiger partial charge in [-0.05, 0) is 62.2 Å². The first-order valence-electron chi connectivity index (χ1n) is 5.67. The van der Waals surface area contributed by atoms with E-state index >= 15 is 0 Å². The van der Waals surface area contributed by atoms with Crippen molar-refractivity contribution in [3.8, 4) is 0 Å². The van der Waals surface area contributed by atoms with E-state index in [-0.39, 0.29) is 0 Å². The van der Waals surface area contributed by atoms with Crippen molar-refractivity contribution in [2.75, 3.05) is 0 Å². The summed E-state index contributed by atoms with van der Waals surface area (Å²) in [5.41, 5.74) is 2.50. The molecule has 0 radical (unpaired) electrons. The number of hydrazone groups is 1. The largest absolute Gasteiger partial charge is 0.265 e. The summed E-state index contributed by atoms with van der Waals surface area (Å²) in [7, 11) is 0. The van der Waals surface area contributed by atoms with Crippen molar-refractivity contribution in [3.05, 3.63) is 0 Å². The van der Waals surface area contributed by atoms with Crippen molar-refractivity contribution >= 4 is 6.34 Å². The summed E-state index contributed by atoms with van der Waals surface area (Å²) in [6, 6.07) is 0. The van der Waals surface area contributed by atoms with Crippen molar-refractivity contribution in [2.24, 2.45) is 28.8 Å². The summed E-state index contributed by atoms with van der Waals surface area (Å²) in [4.78, 5) is 0. The molecule has 2 heteroatoms. The van der Waals surface area contributed by atoms with E-state index in [4.69, 9.17) is 0 Å². The molecule has 4 aliphatic carbocycles. The third-order valence-electron chi connectivity index (χ3n) is 4.13. The molecule has 1 N–H and O–H groups in total. The van der Waals surface area contributed by atoms with Gasteiger partial charge in [-0.1, -0.05) is 0 Å². The fraction of sp³-hybridized carbons (Fsp3) is 0.909. The first-order valence-corrected chi connectivity index (χ1v) is 5.67. The molecule has 4 fully saturated rings. The molecule has 2 nitrogen and oxygen atoms in total.